The van der Waals surface area contributed by atoms with Crippen LogP contribution in [0.5, 0.6) is 0 Å². The number of hydrogen-bond acceptors (Lipinski definition) is 1. The van der Waals surface area contributed by atoms with E-state index in [1.807, 2.05) is 6.08 Å². The van der Waals surface area contributed by atoms with Gasteiger partial charge in [-0.1, -0.05) is 38.0 Å². The maximum atomic E-state index is 5.48. The fourth-order valence-corrected chi connectivity index (χ4v) is 1.21. The van der Waals surface area contributed by atoms with Crippen LogP contribution < -0.4 is 0 Å². The molecule has 15 heavy (non-hydrogen) atoms. The summed E-state index contributed by atoms with van der Waals surface area (Å²) in [7, 11) is 0. The van der Waals surface area contributed by atoms with Crippen LogP contribution >= 0.6 is 0 Å². The molecule has 0 amide bonds. The monoisotopic (exact) mass is 210 g/mol. The molecule has 0 rings (SSSR count). The van der Waals surface area contributed by atoms with E-state index >= 15 is 0 Å². The Morgan fingerprint density at radius 2 is 2.20 bits per heavy atom. The van der Waals surface area contributed by atoms with E-state index in [0.29, 0.717) is 5.92 Å². The predicted octanol–water partition coefficient (Wildman–Crippen LogP) is 4.35. The summed E-state index contributed by atoms with van der Waals surface area (Å²) in [6, 6.07) is 0. The van der Waals surface area contributed by atoms with Gasteiger partial charge in [0, 0.05) is 6.61 Å². The maximum absolute atomic E-state index is 5.48. The van der Waals surface area contributed by atoms with Crippen molar-refractivity contribution < 1.29 is 4.74 Å². The molecule has 0 aliphatic carbocycles. The third-order valence-electron chi connectivity index (χ3n) is 2.59. The van der Waals surface area contributed by atoms with Crippen molar-refractivity contribution >= 4 is 0 Å². The van der Waals surface area contributed by atoms with E-state index in [4.69, 9.17) is 4.74 Å². The van der Waals surface area contributed by atoms with Crippen molar-refractivity contribution in [1.29, 1.82) is 0 Å². The molecule has 0 aromatic rings. The summed E-state index contributed by atoms with van der Waals surface area (Å²) in [4.78, 5) is 0. The zero-order valence-electron chi connectivity index (χ0n) is 10.6. The molecule has 1 heteroatoms. The van der Waals surface area contributed by atoms with Gasteiger partial charge in [-0.25, -0.2) is 0 Å². The van der Waals surface area contributed by atoms with E-state index in [-0.39, 0.29) is 0 Å². The Balaban J connectivity index is 3.47. The van der Waals surface area contributed by atoms with E-state index in [1.54, 1.807) is 0 Å². The van der Waals surface area contributed by atoms with Gasteiger partial charge in [0.1, 0.15) is 0 Å². The van der Waals surface area contributed by atoms with Crippen LogP contribution in [0.15, 0.2) is 24.3 Å². The molecular weight excluding hydrogens is 184 g/mol. The molecular formula is C14H26O. The third kappa shape index (κ3) is 9.74. The minimum absolute atomic E-state index is 0.620. The summed E-state index contributed by atoms with van der Waals surface area (Å²) >= 11 is 0. The highest BCUT2D eigenvalue weighted by molar-refractivity contribution is 4.98. The van der Waals surface area contributed by atoms with Crippen molar-refractivity contribution in [1.82, 2.24) is 0 Å². The molecule has 0 spiro atoms. The van der Waals surface area contributed by atoms with Crippen LogP contribution in [0.2, 0.25) is 0 Å². The van der Waals surface area contributed by atoms with Crippen LogP contribution in [0.25, 0.3) is 0 Å². The first-order chi connectivity index (χ1) is 7.20. The molecule has 88 valence electrons. The molecule has 1 unspecified atom stereocenters. The zero-order valence-corrected chi connectivity index (χ0v) is 10.6. The van der Waals surface area contributed by atoms with E-state index in [9.17, 15) is 0 Å². The molecule has 0 radical (unpaired) electrons. The van der Waals surface area contributed by atoms with Gasteiger partial charge in [-0.05, 0) is 32.1 Å². The molecule has 0 aromatic carbocycles. The van der Waals surface area contributed by atoms with Gasteiger partial charge in [0.2, 0.25) is 0 Å². The molecule has 0 N–H and O–H groups in total. The molecule has 0 heterocycles. The van der Waals surface area contributed by atoms with Gasteiger partial charge in [-0.3, -0.25) is 0 Å². The summed E-state index contributed by atoms with van der Waals surface area (Å²) < 4.78 is 5.48. The minimum Gasteiger partial charge on any atom is -0.377 e. The third-order valence-corrected chi connectivity index (χ3v) is 2.59. The van der Waals surface area contributed by atoms with Gasteiger partial charge in [-0.15, -0.1) is 6.58 Å². The summed E-state index contributed by atoms with van der Waals surface area (Å²) in [6.45, 7) is 12.0. The number of unbranched alkanes of at least 4 members (excludes halogenated alkanes) is 1. The van der Waals surface area contributed by atoms with Crippen molar-refractivity contribution in [3.63, 3.8) is 0 Å². The highest BCUT2D eigenvalue weighted by atomic mass is 16.5. The molecule has 1 nitrogen and oxygen atoms in total. The lowest BCUT2D eigenvalue weighted by Crippen LogP contribution is -1.95. The highest BCUT2D eigenvalue weighted by Crippen LogP contribution is 2.11. The first kappa shape index (κ1) is 14.4. The van der Waals surface area contributed by atoms with Crippen LogP contribution in [0.1, 0.15) is 46.5 Å². The van der Waals surface area contributed by atoms with Crippen LogP contribution in [0.3, 0.4) is 0 Å². The Bertz CT molecular complexity index is 182. The van der Waals surface area contributed by atoms with Crippen molar-refractivity contribution in [2.24, 2.45) is 5.92 Å². The number of ether oxygens (including phenoxy) is 1. The lowest BCUT2D eigenvalue weighted by Gasteiger charge is -2.06. The maximum Gasteiger partial charge on any atom is 0.0649 e. The molecule has 0 saturated carbocycles. The first-order valence-corrected chi connectivity index (χ1v) is 6.06. The fourth-order valence-electron chi connectivity index (χ4n) is 1.21. The number of rotatable bonds is 9. The van der Waals surface area contributed by atoms with Gasteiger partial charge >= 0.3 is 0 Å². The van der Waals surface area contributed by atoms with Crippen molar-refractivity contribution in [2.75, 3.05) is 13.2 Å². The van der Waals surface area contributed by atoms with Gasteiger partial charge in [0.05, 0.1) is 6.61 Å². The van der Waals surface area contributed by atoms with E-state index in [2.05, 4.69) is 33.4 Å². The summed E-state index contributed by atoms with van der Waals surface area (Å²) in [5.41, 5.74) is 1.43. The second kappa shape index (κ2) is 9.97. The highest BCUT2D eigenvalue weighted by Gasteiger charge is 1.96. The zero-order chi connectivity index (χ0) is 11.5. The summed E-state index contributed by atoms with van der Waals surface area (Å²) in [5.74, 6) is 0.620. The molecule has 0 fully saturated rings. The number of hydrogen-bond donors (Lipinski definition) is 0. The van der Waals surface area contributed by atoms with Gasteiger partial charge < -0.3 is 4.74 Å². The van der Waals surface area contributed by atoms with E-state index in [1.165, 1.54) is 24.8 Å². The Hall–Kier alpha value is -0.560. The molecule has 0 aliphatic heterocycles. The average Bonchev–Trinajstić information content (AvgIpc) is 2.25. The molecule has 0 bridgehead atoms. The molecule has 0 aromatic heterocycles. The predicted molar refractivity (Wildman–Crippen MR) is 68.1 cm³/mol. The van der Waals surface area contributed by atoms with E-state index < -0.39 is 0 Å². The van der Waals surface area contributed by atoms with Crippen molar-refractivity contribution in [2.45, 2.75) is 46.5 Å². The summed E-state index contributed by atoms with van der Waals surface area (Å²) in [6.07, 6.45) is 8.95. The second-order valence-electron chi connectivity index (χ2n) is 4.23. The van der Waals surface area contributed by atoms with Crippen LogP contribution in [-0.4, -0.2) is 13.2 Å². The Morgan fingerprint density at radius 3 is 2.80 bits per heavy atom. The van der Waals surface area contributed by atoms with Crippen molar-refractivity contribution in [3.8, 4) is 0 Å². The van der Waals surface area contributed by atoms with Crippen molar-refractivity contribution in [3.05, 3.63) is 24.3 Å². The largest absolute Gasteiger partial charge is 0.377 e. The lowest BCUT2D eigenvalue weighted by molar-refractivity contribution is 0.158. The number of allylic oxidation sites excluding steroid dienone is 2. The average molecular weight is 210 g/mol. The quantitative estimate of drug-likeness (QED) is 0.406. The Morgan fingerprint density at radius 1 is 1.47 bits per heavy atom. The normalized spacial score (nSPS) is 13.9. The van der Waals surface area contributed by atoms with Gasteiger partial charge in [0.25, 0.3) is 0 Å². The first-order valence-electron chi connectivity index (χ1n) is 6.06. The standard InChI is InChI=1S/C14H26O/c1-5-7-11-15-12-10-14(4)9-8-13(3)6-2/h6,10,13H,2,5,7-9,11-12H2,1,3-4H3/b14-10+. The molecule has 0 saturated heterocycles. The smallest absolute Gasteiger partial charge is 0.0649 e. The SMILES string of the molecule is C=CC(C)CC/C(C)=C/COCCCC. The fraction of sp³-hybridized carbons (Fsp3) is 0.714. The Labute approximate surface area is 95.2 Å². The minimum atomic E-state index is 0.620. The molecule has 1 atom stereocenters. The Kier molecular flexibility index (Phi) is 9.60. The van der Waals surface area contributed by atoms with E-state index in [0.717, 1.165) is 19.6 Å². The molecule has 0 aliphatic rings. The van der Waals surface area contributed by atoms with Crippen LogP contribution in [-0.2, 0) is 4.74 Å². The summed E-state index contributed by atoms with van der Waals surface area (Å²) in [5, 5.41) is 0. The van der Waals surface area contributed by atoms with Crippen LogP contribution in [0, 0.1) is 5.92 Å². The van der Waals surface area contributed by atoms with Gasteiger partial charge in [-0.2, -0.15) is 0 Å². The topological polar surface area (TPSA) is 9.23 Å². The lowest BCUT2D eigenvalue weighted by atomic mass is 10.0. The van der Waals surface area contributed by atoms with Gasteiger partial charge in [0.15, 0.2) is 0 Å². The van der Waals surface area contributed by atoms with Crippen LogP contribution in [0.4, 0.5) is 0 Å². The second-order valence-corrected chi connectivity index (χ2v) is 4.23.